The normalized spacial score (nSPS) is 12.6. The first-order chi connectivity index (χ1) is 11.6. The molecule has 1 heterocycles. The highest BCUT2D eigenvalue weighted by molar-refractivity contribution is 14.0. The van der Waals surface area contributed by atoms with Crippen LogP contribution in [0.5, 0.6) is 0 Å². The van der Waals surface area contributed by atoms with E-state index in [1.165, 1.54) is 5.56 Å². The summed E-state index contributed by atoms with van der Waals surface area (Å²) in [6.45, 7) is 11.0. The molecular formula is C19H29IN4S. The fourth-order valence-corrected chi connectivity index (χ4v) is 3.18. The van der Waals surface area contributed by atoms with E-state index in [9.17, 15) is 0 Å². The number of nitrogens with zero attached hydrogens (tertiary/aromatic N) is 2. The third kappa shape index (κ3) is 7.32. The van der Waals surface area contributed by atoms with Gasteiger partial charge in [0.2, 0.25) is 0 Å². The van der Waals surface area contributed by atoms with Gasteiger partial charge in [-0.2, -0.15) is 0 Å². The van der Waals surface area contributed by atoms with E-state index >= 15 is 0 Å². The first-order valence-electron chi connectivity index (χ1n) is 8.61. The van der Waals surface area contributed by atoms with Gasteiger partial charge < -0.3 is 10.6 Å². The van der Waals surface area contributed by atoms with Crippen LogP contribution in [0, 0.1) is 0 Å². The van der Waals surface area contributed by atoms with Crippen LogP contribution >= 0.6 is 35.3 Å². The molecule has 4 nitrogen and oxygen atoms in total. The number of nitrogens with one attached hydrogen (secondary N) is 2. The molecule has 0 saturated carbocycles. The number of aromatic nitrogens is 1. The monoisotopic (exact) mass is 472 g/mol. The number of thiazole rings is 1. The predicted molar refractivity (Wildman–Crippen MR) is 119 cm³/mol. The van der Waals surface area contributed by atoms with Gasteiger partial charge in [0.25, 0.3) is 0 Å². The third-order valence-corrected chi connectivity index (χ3v) is 4.67. The molecule has 138 valence electrons. The van der Waals surface area contributed by atoms with E-state index in [-0.39, 0.29) is 24.0 Å². The Morgan fingerprint density at radius 3 is 2.48 bits per heavy atom. The number of benzene rings is 1. The second-order valence-corrected chi connectivity index (χ2v) is 7.15. The van der Waals surface area contributed by atoms with E-state index in [4.69, 9.17) is 0 Å². The van der Waals surface area contributed by atoms with Crippen molar-refractivity contribution in [2.24, 2.45) is 4.99 Å². The SMILES string of the molecule is CCNC(=NCc1nc(C(C)C)cs1)NCC(C)c1ccccc1.I. The zero-order chi connectivity index (χ0) is 17.4. The molecule has 1 unspecified atom stereocenters. The van der Waals surface area contributed by atoms with Gasteiger partial charge in [0.15, 0.2) is 5.96 Å². The van der Waals surface area contributed by atoms with Crippen LogP contribution in [-0.2, 0) is 6.54 Å². The molecule has 0 aliphatic carbocycles. The van der Waals surface area contributed by atoms with Gasteiger partial charge in [-0.05, 0) is 24.3 Å². The van der Waals surface area contributed by atoms with E-state index in [1.807, 2.05) is 0 Å². The van der Waals surface area contributed by atoms with E-state index in [2.05, 4.69) is 84.0 Å². The Balaban J connectivity index is 0.00000312. The average molecular weight is 472 g/mol. The van der Waals surface area contributed by atoms with Crippen molar-refractivity contribution >= 4 is 41.3 Å². The van der Waals surface area contributed by atoms with Gasteiger partial charge in [-0.25, -0.2) is 9.98 Å². The first kappa shape index (κ1) is 21.9. The van der Waals surface area contributed by atoms with Crippen molar-refractivity contribution < 1.29 is 0 Å². The Bertz CT molecular complexity index is 640. The minimum atomic E-state index is 0. The fourth-order valence-electron chi connectivity index (χ4n) is 2.30. The summed E-state index contributed by atoms with van der Waals surface area (Å²) >= 11 is 1.69. The van der Waals surface area contributed by atoms with Gasteiger partial charge in [-0.3, -0.25) is 0 Å². The highest BCUT2D eigenvalue weighted by atomic mass is 127. The third-order valence-electron chi connectivity index (χ3n) is 3.82. The number of aliphatic imine (C=N–C) groups is 1. The molecule has 0 radical (unpaired) electrons. The predicted octanol–water partition coefficient (Wildman–Crippen LogP) is 4.74. The Morgan fingerprint density at radius 1 is 1.16 bits per heavy atom. The zero-order valence-electron chi connectivity index (χ0n) is 15.5. The molecule has 0 bridgehead atoms. The van der Waals surface area contributed by atoms with Crippen LogP contribution in [-0.4, -0.2) is 24.0 Å². The fraction of sp³-hybridized carbons (Fsp3) is 0.474. The van der Waals surface area contributed by atoms with Crippen molar-refractivity contribution in [2.75, 3.05) is 13.1 Å². The largest absolute Gasteiger partial charge is 0.357 e. The Labute approximate surface area is 172 Å². The number of hydrogen-bond acceptors (Lipinski definition) is 3. The van der Waals surface area contributed by atoms with Crippen molar-refractivity contribution in [3.8, 4) is 0 Å². The lowest BCUT2D eigenvalue weighted by Crippen LogP contribution is -2.39. The second kappa shape index (κ2) is 11.5. The summed E-state index contributed by atoms with van der Waals surface area (Å²) in [5, 5.41) is 9.93. The molecular weight excluding hydrogens is 443 g/mol. The summed E-state index contributed by atoms with van der Waals surface area (Å²) in [6.07, 6.45) is 0. The van der Waals surface area contributed by atoms with Crippen LogP contribution in [0.1, 0.15) is 55.8 Å². The minimum absolute atomic E-state index is 0. The molecule has 1 aromatic carbocycles. The Morgan fingerprint density at radius 2 is 1.88 bits per heavy atom. The van der Waals surface area contributed by atoms with Crippen LogP contribution < -0.4 is 10.6 Å². The molecule has 0 amide bonds. The first-order valence-corrected chi connectivity index (χ1v) is 9.49. The van der Waals surface area contributed by atoms with Crippen LogP contribution in [0.2, 0.25) is 0 Å². The van der Waals surface area contributed by atoms with E-state index in [1.54, 1.807) is 11.3 Å². The van der Waals surface area contributed by atoms with Gasteiger partial charge in [0.05, 0.1) is 12.2 Å². The lowest BCUT2D eigenvalue weighted by atomic mass is 10.0. The van der Waals surface area contributed by atoms with Gasteiger partial charge in [0, 0.05) is 18.5 Å². The van der Waals surface area contributed by atoms with Gasteiger partial charge >= 0.3 is 0 Å². The van der Waals surface area contributed by atoms with Crippen molar-refractivity contribution in [3.63, 3.8) is 0 Å². The van der Waals surface area contributed by atoms with Crippen LogP contribution in [0.25, 0.3) is 0 Å². The lowest BCUT2D eigenvalue weighted by Gasteiger charge is -2.16. The molecule has 0 spiro atoms. The molecule has 25 heavy (non-hydrogen) atoms. The number of rotatable bonds is 7. The minimum Gasteiger partial charge on any atom is -0.357 e. The highest BCUT2D eigenvalue weighted by Crippen LogP contribution is 2.18. The maximum atomic E-state index is 4.66. The molecule has 2 aromatic rings. The van der Waals surface area contributed by atoms with Crippen LogP contribution in [0.15, 0.2) is 40.7 Å². The number of guanidine groups is 1. The maximum absolute atomic E-state index is 4.66. The van der Waals surface area contributed by atoms with Gasteiger partial charge in [0.1, 0.15) is 5.01 Å². The van der Waals surface area contributed by atoms with E-state index in [0.29, 0.717) is 18.4 Å². The molecule has 1 atom stereocenters. The van der Waals surface area contributed by atoms with Gasteiger partial charge in [-0.1, -0.05) is 51.1 Å². The van der Waals surface area contributed by atoms with Gasteiger partial charge in [-0.15, -0.1) is 35.3 Å². The molecule has 0 aliphatic heterocycles. The number of halogens is 1. The summed E-state index contributed by atoms with van der Waals surface area (Å²) in [4.78, 5) is 9.30. The summed E-state index contributed by atoms with van der Waals surface area (Å²) in [5.41, 5.74) is 2.49. The summed E-state index contributed by atoms with van der Waals surface area (Å²) < 4.78 is 0. The molecule has 2 rings (SSSR count). The number of hydrogen-bond donors (Lipinski definition) is 2. The molecule has 6 heteroatoms. The van der Waals surface area contributed by atoms with Crippen molar-refractivity contribution in [3.05, 3.63) is 52.0 Å². The second-order valence-electron chi connectivity index (χ2n) is 6.21. The summed E-state index contributed by atoms with van der Waals surface area (Å²) in [6, 6.07) is 10.5. The maximum Gasteiger partial charge on any atom is 0.191 e. The van der Waals surface area contributed by atoms with Crippen LogP contribution in [0.4, 0.5) is 0 Å². The highest BCUT2D eigenvalue weighted by Gasteiger charge is 2.08. The van der Waals surface area contributed by atoms with Crippen molar-refractivity contribution in [1.29, 1.82) is 0 Å². The average Bonchev–Trinajstić information content (AvgIpc) is 3.07. The molecule has 0 saturated heterocycles. The molecule has 0 aliphatic rings. The lowest BCUT2D eigenvalue weighted by molar-refractivity contribution is 0.699. The Kier molecular flexibility index (Phi) is 10.0. The summed E-state index contributed by atoms with van der Waals surface area (Å²) in [5.74, 6) is 1.75. The van der Waals surface area contributed by atoms with E-state index in [0.717, 1.165) is 29.8 Å². The topological polar surface area (TPSA) is 49.3 Å². The summed E-state index contributed by atoms with van der Waals surface area (Å²) in [7, 11) is 0. The standard InChI is InChI=1S/C19H28N4S.HI/c1-5-20-19(21-11-15(4)16-9-7-6-8-10-16)22-12-18-23-17(13-24-18)14(2)3;/h6-10,13-15H,5,11-12H2,1-4H3,(H2,20,21,22);1H. The molecule has 2 N–H and O–H groups in total. The quantitative estimate of drug-likeness (QED) is 0.348. The zero-order valence-corrected chi connectivity index (χ0v) is 18.6. The molecule has 1 aromatic heterocycles. The molecule has 0 fully saturated rings. The van der Waals surface area contributed by atoms with Crippen molar-refractivity contribution in [2.45, 2.75) is 46.1 Å². The smallest absolute Gasteiger partial charge is 0.191 e. The Hall–Kier alpha value is -1.15. The van der Waals surface area contributed by atoms with Crippen molar-refractivity contribution in [1.82, 2.24) is 15.6 Å². The van der Waals surface area contributed by atoms with Crippen LogP contribution in [0.3, 0.4) is 0 Å². The van der Waals surface area contributed by atoms with E-state index < -0.39 is 0 Å².